The van der Waals surface area contributed by atoms with Crippen LogP contribution in [0, 0.1) is 0 Å². The van der Waals surface area contributed by atoms with Crippen LogP contribution in [-0.4, -0.2) is 12.1 Å². The predicted octanol–water partition coefficient (Wildman–Crippen LogP) is 4.54. The van der Waals surface area contributed by atoms with Gasteiger partial charge in [-0.2, -0.15) is 0 Å². The van der Waals surface area contributed by atoms with Gasteiger partial charge in [-0.1, -0.05) is 36.6 Å². The highest BCUT2D eigenvalue weighted by Gasteiger charge is 2.36. The number of rotatable bonds is 3. The van der Waals surface area contributed by atoms with Crippen LogP contribution in [0.4, 0.5) is 0 Å². The second kappa shape index (κ2) is 5.22. The molecule has 18 heavy (non-hydrogen) atoms. The molecule has 1 aromatic rings. The van der Waals surface area contributed by atoms with Crippen molar-refractivity contribution >= 4 is 11.6 Å². The molecule has 1 aliphatic carbocycles. The van der Waals surface area contributed by atoms with Gasteiger partial charge in [0.05, 0.1) is 0 Å². The molecule has 0 unspecified atom stereocenters. The molecule has 0 aliphatic heterocycles. The van der Waals surface area contributed by atoms with Crippen molar-refractivity contribution in [1.82, 2.24) is 5.32 Å². The van der Waals surface area contributed by atoms with Gasteiger partial charge >= 0.3 is 0 Å². The number of nitrogens with one attached hydrogen (secondary N) is 1. The monoisotopic (exact) mass is 265 g/mol. The summed E-state index contributed by atoms with van der Waals surface area (Å²) in [6.45, 7) is 7.77. The van der Waals surface area contributed by atoms with E-state index in [1.165, 1.54) is 31.2 Å². The van der Waals surface area contributed by atoms with Crippen molar-refractivity contribution < 1.29 is 0 Å². The minimum atomic E-state index is 0.183. The van der Waals surface area contributed by atoms with Gasteiger partial charge in [-0.3, -0.25) is 0 Å². The standard InChI is InChI=1S/C16H24ClN/c1-15(2,3)18-12-16(10-4-5-11-16)13-6-8-14(17)9-7-13/h6-9,18H,4-5,10-12H2,1-3H3. The fourth-order valence-corrected chi connectivity index (χ4v) is 2.98. The average molecular weight is 266 g/mol. The molecular weight excluding hydrogens is 242 g/mol. The third kappa shape index (κ3) is 3.27. The molecule has 0 bridgehead atoms. The number of halogens is 1. The first-order valence-electron chi connectivity index (χ1n) is 6.92. The summed E-state index contributed by atoms with van der Waals surface area (Å²) >= 11 is 6.00. The molecule has 2 rings (SSSR count). The largest absolute Gasteiger partial charge is 0.311 e. The van der Waals surface area contributed by atoms with Crippen molar-refractivity contribution in [3.05, 3.63) is 34.9 Å². The molecule has 0 radical (unpaired) electrons. The van der Waals surface area contributed by atoms with E-state index in [2.05, 4.69) is 38.2 Å². The van der Waals surface area contributed by atoms with E-state index >= 15 is 0 Å². The molecule has 0 amide bonds. The van der Waals surface area contributed by atoms with Crippen LogP contribution in [0.25, 0.3) is 0 Å². The van der Waals surface area contributed by atoms with Crippen LogP contribution in [0.3, 0.4) is 0 Å². The lowest BCUT2D eigenvalue weighted by Gasteiger charge is -2.34. The number of benzene rings is 1. The molecule has 1 nitrogen and oxygen atoms in total. The smallest absolute Gasteiger partial charge is 0.0406 e. The first kappa shape index (κ1) is 13.9. The lowest BCUT2D eigenvalue weighted by molar-refractivity contribution is 0.333. The molecule has 1 aliphatic rings. The van der Waals surface area contributed by atoms with Crippen molar-refractivity contribution in [3.63, 3.8) is 0 Å². The van der Waals surface area contributed by atoms with Crippen LogP contribution in [-0.2, 0) is 5.41 Å². The van der Waals surface area contributed by atoms with Gasteiger partial charge < -0.3 is 5.32 Å². The molecule has 1 fully saturated rings. The Labute approximate surface area is 116 Å². The van der Waals surface area contributed by atoms with Crippen LogP contribution in [0.1, 0.15) is 52.0 Å². The van der Waals surface area contributed by atoms with Gasteiger partial charge in [0.2, 0.25) is 0 Å². The molecule has 2 heteroatoms. The Morgan fingerprint density at radius 3 is 2.17 bits per heavy atom. The zero-order valence-corrected chi connectivity index (χ0v) is 12.5. The van der Waals surface area contributed by atoms with Gasteiger partial charge in [0, 0.05) is 22.5 Å². The number of hydrogen-bond acceptors (Lipinski definition) is 1. The Hall–Kier alpha value is -0.530. The lowest BCUT2D eigenvalue weighted by Crippen LogP contribution is -2.45. The van der Waals surface area contributed by atoms with E-state index in [9.17, 15) is 0 Å². The summed E-state index contributed by atoms with van der Waals surface area (Å²) < 4.78 is 0. The Bertz CT molecular complexity index is 383. The Kier molecular flexibility index (Phi) is 4.03. The first-order chi connectivity index (χ1) is 8.41. The molecule has 0 atom stereocenters. The van der Waals surface area contributed by atoms with Crippen LogP contribution in [0.15, 0.2) is 24.3 Å². The second-order valence-electron chi connectivity index (χ2n) is 6.60. The number of hydrogen-bond donors (Lipinski definition) is 1. The molecule has 1 saturated carbocycles. The van der Waals surface area contributed by atoms with E-state index in [0.717, 1.165) is 11.6 Å². The van der Waals surface area contributed by atoms with Crippen molar-refractivity contribution in [1.29, 1.82) is 0 Å². The van der Waals surface area contributed by atoms with E-state index in [-0.39, 0.29) is 5.54 Å². The Balaban J connectivity index is 2.19. The van der Waals surface area contributed by atoms with Gasteiger partial charge in [0.25, 0.3) is 0 Å². The van der Waals surface area contributed by atoms with E-state index < -0.39 is 0 Å². The van der Waals surface area contributed by atoms with E-state index in [0.29, 0.717) is 5.41 Å². The normalized spacial score (nSPS) is 19.1. The average Bonchev–Trinajstić information content (AvgIpc) is 2.76. The summed E-state index contributed by atoms with van der Waals surface area (Å²) in [7, 11) is 0. The highest BCUT2D eigenvalue weighted by molar-refractivity contribution is 6.30. The Morgan fingerprint density at radius 2 is 1.67 bits per heavy atom. The van der Waals surface area contributed by atoms with Gasteiger partial charge in [-0.15, -0.1) is 0 Å². The fraction of sp³-hybridized carbons (Fsp3) is 0.625. The van der Waals surface area contributed by atoms with Crippen LogP contribution >= 0.6 is 11.6 Å². The maximum Gasteiger partial charge on any atom is 0.0406 e. The van der Waals surface area contributed by atoms with Crippen molar-refractivity contribution in [3.8, 4) is 0 Å². The lowest BCUT2D eigenvalue weighted by atomic mass is 9.78. The third-order valence-electron chi connectivity index (χ3n) is 3.97. The maximum absolute atomic E-state index is 6.00. The molecule has 1 aromatic carbocycles. The summed E-state index contributed by atoms with van der Waals surface area (Å²) in [5, 5.41) is 4.51. The highest BCUT2D eigenvalue weighted by atomic mass is 35.5. The summed E-state index contributed by atoms with van der Waals surface area (Å²) in [5.41, 5.74) is 1.95. The van der Waals surface area contributed by atoms with Crippen molar-refractivity contribution in [2.24, 2.45) is 0 Å². The van der Waals surface area contributed by atoms with Crippen molar-refractivity contribution in [2.45, 2.75) is 57.4 Å². The molecule has 0 heterocycles. The van der Waals surface area contributed by atoms with E-state index in [4.69, 9.17) is 11.6 Å². The predicted molar refractivity (Wildman–Crippen MR) is 79.4 cm³/mol. The Morgan fingerprint density at radius 1 is 1.11 bits per heavy atom. The molecule has 100 valence electrons. The molecular formula is C16H24ClN. The summed E-state index contributed by atoms with van der Waals surface area (Å²) in [6, 6.07) is 8.46. The minimum absolute atomic E-state index is 0.183. The van der Waals surface area contributed by atoms with Gasteiger partial charge in [-0.25, -0.2) is 0 Å². The molecule has 1 N–H and O–H groups in total. The second-order valence-corrected chi connectivity index (χ2v) is 7.03. The fourth-order valence-electron chi connectivity index (χ4n) is 2.86. The summed E-state index contributed by atoms with van der Waals surface area (Å²) in [5.74, 6) is 0. The van der Waals surface area contributed by atoms with Crippen LogP contribution < -0.4 is 5.32 Å². The van der Waals surface area contributed by atoms with Gasteiger partial charge in [-0.05, 0) is 51.3 Å². The van der Waals surface area contributed by atoms with Crippen molar-refractivity contribution in [2.75, 3.05) is 6.54 Å². The highest BCUT2D eigenvalue weighted by Crippen LogP contribution is 2.41. The van der Waals surface area contributed by atoms with Crippen LogP contribution in [0.5, 0.6) is 0 Å². The zero-order chi connectivity index (χ0) is 13.2. The van der Waals surface area contributed by atoms with Crippen LogP contribution in [0.2, 0.25) is 5.02 Å². The maximum atomic E-state index is 6.00. The first-order valence-corrected chi connectivity index (χ1v) is 7.30. The van der Waals surface area contributed by atoms with E-state index in [1.807, 2.05) is 12.1 Å². The minimum Gasteiger partial charge on any atom is -0.311 e. The summed E-state index contributed by atoms with van der Waals surface area (Å²) in [4.78, 5) is 0. The SMILES string of the molecule is CC(C)(C)NCC1(c2ccc(Cl)cc2)CCCC1. The molecule has 0 spiro atoms. The van der Waals surface area contributed by atoms with Gasteiger partial charge in [0.1, 0.15) is 0 Å². The quantitative estimate of drug-likeness (QED) is 0.846. The third-order valence-corrected chi connectivity index (χ3v) is 4.23. The van der Waals surface area contributed by atoms with Gasteiger partial charge in [0.15, 0.2) is 0 Å². The molecule has 0 saturated heterocycles. The molecule has 0 aromatic heterocycles. The summed E-state index contributed by atoms with van der Waals surface area (Å²) in [6.07, 6.45) is 5.26. The van der Waals surface area contributed by atoms with E-state index in [1.54, 1.807) is 0 Å². The zero-order valence-electron chi connectivity index (χ0n) is 11.7. The topological polar surface area (TPSA) is 12.0 Å².